The van der Waals surface area contributed by atoms with E-state index in [-0.39, 0.29) is 54.4 Å². The number of nitrogens with zero attached hydrogens (tertiary/aromatic N) is 4. The number of carbonyl (C=O) groups is 1. The molecule has 190 valence electrons. The average Bonchev–Trinajstić information content (AvgIpc) is 3.30. The molecular weight excluding hydrogens is 499 g/mol. The number of aromatic nitrogens is 4. The van der Waals surface area contributed by atoms with E-state index < -0.39 is 21.6 Å². The highest BCUT2D eigenvalue weighted by Crippen LogP contribution is 2.28. The number of benzene rings is 2. The van der Waals surface area contributed by atoms with Gasteiger partial charge in [0, 0.05) is 30.0 Å². The van der Waals surface area contributed by atoms with Gasteiger partial charge in [-0.3, -0.25) is 9.59 Å². The van der Waals surface area contributed by atoms with Gasteiger partial charge in [-0.2, -0.15) is 5.10 Å². The van der Waals surface area contributed by atoms with Crippen LogP contribution in [0.4, 0.5) is 10.2 Å². The maximum Gasteiger partial charge on any atom is 0.272 e. The Bertz CT molecular complexity index is 1720. The monoisotopic (exact) mass is 522 g/mol. The lowest BCUT2D eigenvalue weighted by molar-refractivity contribution is 0.0745. The maximum atomic E-state index is 14.8. The van der Waals surface area contributed by atoms with Crippen molar-refractivity contribution in [2.75, 3.05) is 17.7 Å². The Kier molecular flexibility index (Phi) is 6.20. The molecule has 2 aromatic carbocycles. The lowest BCUT2D eigenvalue weighted by Gasteiger charge is -2.16. The van der Waals surface area contributed by atoms with Crippen LogP contribution in [0.25, 0.3) is 10.8 Å². The topological polar surface area (TPSA) is 152 Å². The summed E-state index contributed by atoms with van der Waals surface area (Å²) in [6.45, 7) is 0.213. The van der Waals surface area contributed by atoms with Crippen molar-refractivity contribution in [1.82, 2.24) is 25.1 Å². The molecule has 12 heteroatoms. The number of aromatic amines is 1. The second-order valence-corrected chi connectivity index (χ2v) is 11.3. The van der Waals surface area contributed by atoms with Crippen molar-refractivity contribution in [3.63, 3.8) is 0 Å². The number of nitrogens with one attached hydrogen (secondary N) is 1. The molecule has 5 rings (SSSR count). The quantitative estimate of drug-likeness (QED) is 0.389. The third-order valence-electron chi connectivity index (χ3n) is 6.25. The third-order valence-corrected chi connectivity index (χ3v) is 7.20. The van der Waals surface area contributed by atoms with Crippen molar-refractivity contribution in [2.24, 2.45) is 0 Å². The van der Waals surface area contributed by atoms with Crippen LogP contribution < -0.4 is 11.3 Å². The fourth-order valence-electron chi connectivity index (χ4n) is 4.38. The molecule has 1 amide bonds. The number of carbonyl (C=O) groups excluding carboxylic acids is 1. The molecule has 0 saturated carbocycles. The number of hydrogen-bond donors (Lipinski definition) is 2. The molecule has 0 bridgehead atoms. The van der Waals surface area contributed by atoms with Crippen molar-refractivity contribution in [1.29, 1.82) is 0 Å². The lowest BCUT2D eigenvalue weighted by atomic mass is 10.0. The predicted octanol–water partition coefficient (Wildman–Crippen LogP) is 1.77. The summed E-state index contributed by atoms with van der Waals surface area (Å²) in [7, 11) is -3.20. The molecular formula is C25H23FN6O4S. The summed E-state index contributed by atoms with van der Waals surface area (Å²) in [6.07, 6.45) is 1.51. The van der Waals surface area contributed by atoms with Gasteiger partial charge in [-0.05, 0) is 23.8 Å². The van der Waals surface area contributed by atoms with Crippen LogP contribution in [-0.2, 0) is 35.8 Å². The summed E-state index contributed by atoms with van der Waals surface area (Å²) in [4.78, 5) is 35.4. The Morgan fingerprint density at radius 1 is 1.14 bits per heavy atom. The number of amides is 1. The van der Waals surface area contributed by atoms with Crippen molar-refractivity contribution < 1.29 is 17.6 Å². The minimum atomic E-state index is -3.20. The Morgan fingerprint density at radius 2 is 1.89 bits per heavy atom. The number of halogens is 1. The average molecular weight is 523 g/mol. The molecule has 37 heavy (non-hydrogen) atoms. The SMILES string of the molecule is CS(=O)(=O)CCc1nc(N)c2c(n1)CN(C(=O)c1cc(Cc3n[nH]c(=O)c4ccccc34)ccc1F)C2. The van der Waals surface area contributed by atoms with E-state index in [2.05, 4.69) is 20.2 Å². The Hall–Kier alpha value is -4.19. The van der Waals surface area contributed by atoms with Crippen LogP contribution in [0.3, 0.4) is 0 Å². The van der Waals surface area contributed by atoms with E-state index in [4.69, 9.17) is 5.73 Å². The first-order valence-corrected chi connectivity index (χ1v) is 13.5. The molecule has 10 nitrogen and oxygen atoms in total. The molecule has 0 radical (unpaired) electrons. The number of hydrogen-bond acceptors (Lipinski definition) is 8. The molecule has 3 heterocycles. The summed E-state index contributed by atoms with van der Waals surface area (Å²) in [5.41, 5.74) is 7.98. The van der Waals surface area contributed by atoms with E-state index in [0.29, 0.717) is 33.3 Å². The first-order chi connectivity index (χ1) is 17.6. The Balaban J connectivity index is 1.39. The summed E-state index contributed by atoms with van der Waals surface area (Å²) >= 11 is 0. The zero-order valence-electron chi connectivity index (χ0n) is 19.9. The van der Waals surface area contributed by atoms with E-state index in [1.807, 2.05) is 0 Å². The second-order valence-electron chi connectivity index (χ2n) is 9.03. The highest BCUT2D eigenvalue weighted by molar-refractivity contribution is 7.90. The molecule has 1 aliphatic heterocycles. The molecule has 1 aliphatic rings. The predicted molar refractivity (Wildman–Crippen MR) is 135 cm³/mol. The number of sulfone groups is 1. The van der Waals surface area contributed by atoms with Gasteiger partial charge in [0.05, 0.1) is 41.2 Å². The Labute approximate surface area is 211 Å². The summed E-state index contributed by atoms with van der Waals surface area (Å²) < 4.78 is 37.7. The first kappa shape index (κ1) is 24.5. The molecule has 0 unspecified atom stereocenters. The molecule has 0 atom stereocenters. The molecule has 3 N–H and O–H groups in total. The summed E-state index contributed by atoms with van der Waals surface area (Å²) in [6, 6.07) is 11.3. The molecule has 4 aromatic rings. The maximum absolute atomic E-state index is 14.8. The van der Waals surface area contributed by atoms with Gasteiger partial charge in [0.15, 0.2) is 0 Å². The number of rotatable bonds is 6. The molecule has 0 saturated heterocycles. The van der Waals surface area contributed by atoms with Crippen LogP contribution in [0.1, 0.15) is 38.7 Å². The number of nitrogens with two attached hydrogens (primary N) is 1. The van der Waals surface area contributed by atoms with Crippen LogP contribution in [0.2, 0.25) is 0 Å². The zero-order chi connectivity index (χ0) is 26.3. The largest absolute Gasteiger partial charge is 0.383 e. The van der Waals surface area contributed by atoms with E-state index in [1.165, 1.54) is 17.0 Å². The van der Waals surface area contributed by atoms with E-state index in [1.54, 1.807) is 30.3 Å². The van der Waals surface area contributed by atoms with E-state index in [0.717, 1.165) is 6.26 Å². The number of fused-ring (bicyclic) bond motifs is 2. The van der Waals surface area contributed by atoms with Crippen molar-refractivity contribution in [2.45, 2.75) is 25.9 Å². The van der Waals surface area contributed by atoms with Crippen LogP contribution in [0, 0.1) is 5.82 Å². The number of aryl methyl sites for hydroxylation is 1. The van der Waals surface area contributed by atoms with Gasteiger partial charge in [0.25, 0.3) is 11.5 Å². The van der Waals surface area contributed by atoms with Gasteiger partial charge < -0.3 is 10.6 Å². The van der Waals surface area contributed by atoms with Gasteiger partial charge in [0.2, 0.25) is 0 Å². The smallest absolute Gasteiger partial charge is 0.272 e. The standard InChI is InChI=1S/C25H23FN6O4S/c1-37(35,36)9-8-22-28-21-13-32(12-18(21)23(27)29-22)25(34)17-10-14(6-7-19(17)26)11-20-15-4-2-3-5-16(15)24(33)31-30-20/h2-7,10H,8-9,11-13H2,1H3,(H,31,33)(H2,27,28,29). The van der Waals surface area contributed by atoms with Gasteiger partial charge in [-0.1, -0.05) is 24.3 Å². The van der Waals surface area contributed by atoms with Crippen molar-refractivity contribution in [3.05, 3.63) is 92.5 Å². The number of anilines is 1. The minimum Gasteiger partial charge on any atom is -0.383 e. The lowest BCUT2D eigenvalue weighted by Crippen LogP contribution is -2.26. The van der Waals surface area contributed by atoms with Crippen LogP contribution in [0.5, 0.6) is 0 Å². The van der Waals surface area contributed by atoms with Gasteiger partial charge >= 0.3 is 0 Å². The van der Waals surface area contributed by atoms with E-state index >= 15 is 0 Å². The third kappa shape index (κ3) is 5.05. The molecule has 0 aliphatic carbocycles. The number of nitrogen functional groups attached to an aromatic ring is 1. The highest BCUT2D eigenvalue weighted by Gasteiger charge is 2.30. The zero-order valence-corrected chi connectivity index (χ0v) is 20.7. The van der Waals surface area contributed by atoms with Gasteiger partial charge in [0.1, 0.15) is 27.3 Å². The van der Waals surface area contributed by atoms with Gasteiger partial charge in [-0.25, -0.2) is 27.9 Å². The molecule has 0 fully saturated rings. The summed E-state index contributed by atoms with van der Waals surface area (Å²) in [5.74, 6) is -0.866. The first-order valence-electron chi connectivity index (χ1n) is 11.4. The van der Waals surface area contributed by atoms with Crippen molar-refractivity contribution >= 4 is 32.3 Å². The van der Waals surface area contributed by atoms with Crippen LogP contribution >= 0.6 is 0 Å². The normalized spacial score (nSPS) is 13.2. The second kappa shape index (κ2) is 9.36. The number of H-pyrrole nitrogens is 1. The van der Waals surface area contributed by atoms with Crippen molar-refractivity contribution in [3.8, 4) is 0 Å². The van der Waals surface area contributed by atoms with Crippen LogP contribution in [-0.4, -0.2) is 51.4 Å². The Morgan fingerprint density at radius 3 is 2.65 bits per heavy atom. The minimum absolute atomic E-state index is 0.0997. The molecule has 2 aromatic heterocycles. The fourth-order valence-corrected chi connectivity index (χ4v) is 4.93. The fraction of sp³-hybridized carbons (Fsp3) is 0.240. The highest BCUT2D eigenvalue weighted by atomic mass is 32.2. The molecule has 0 spiro atoms. The van der Waals surface area contributed by atoms with Crippen LogP contribution in [0.15, 0.2) is 47.3 Å². The van der Waals surface area contributed by atoms with Gasteiger partial charge in [-0.15, -0.1) is 0 Å². The van der Waals surface area contributed by atoms with E-state index in [9.17, 15) is 22.4 Å². The summed E-state index contributed by atoms with van der Waals surface area (Å²) in [5, 5.41) is 7.81.